The highest BCUT2D eigenvalue weighted by Gasteiger charge is 2.28. The molecule has 3 N–H and O–H groups in total. The van der Waals surface area contributed by atoms with E-state index in [1.54, 1.807) is 20.0 Å². The van der Waals surface area contributed by atoms with E-state index in [4.69, 9.17) is 14.6 Å². The van der Waals surface area contributed by atoms with Crippen molar-refractivity contribution in [2.45, 2.75) is 38.8 Å². The molecule has 0 aliphatic heterocycles. The Hall–Kier alpha value is -3.14. The van der Waals surface area contributed by atoms with E-state index < -0.39 is 12.1 Å². The second kappa shape index (κ2) is 12.7. The summed E-state index contributed by atoms with van der Waals surface area (Å²) < 4.78 is 36.9. The van der Waals surface area contributed by atoms with Crippen LogP contribution in [0.5, 0.6) is 0 Å². The van der Waals surface area contributed by atoms with Gasteiger partial charge in [-0.15, -0.1) is 0 Å². The molecule has 0 aliphatic carbocycles. The van der Waals surface area contributed by atoms with Gasteiger partial charge in [0.05, 0.1) is 13.2 Å². The summed E-state index contributed by atoms with van der Waals surface area (Å²) in [5.41, 5.74) is 5.27. The van der Waals surface area contributed by atoms with Crippen molar-refractivity contribution in [2.75, 3.05) is 25.1 Å². The Kier molecular flexibility index (Phi) is 10.6. The summed E-state index contributed by atoms with van der Waals surface area (Å²) >= 11 is 0. The van der Waals surface area contributed by atoms with Crippen LogP contribution < -0.4 is 15.7 Å². The first kappa shape index (κ1) is 26.9. The second-order valence-corrected chi connectivity index (χ2v) is 7.03. The third-order valence-electron chi connectivity index (χ3n) is 4.49. The van der Waals surface area contributed by atoms with Gasteiger partial charge >= 0.3 is 12.3 Å². The third kappa shape index (κ3) is 8.93. The number of aliphatic carboxylic acids is 1. The van der Waals surface area contributed by atoms with Crippen molar-refractivity contribution in [2.24, 2.45) is 0 Å². The average molecular weight is 456 g/mol. The summed E-state index contributed by atoms with van der Waals surface area (Å²) in [6, 6.07) is 11.3. The third-order valence-corrected chi connectivity index (χ3v) is 4.49. The lowest BCUT2D eigenvalue weighted by Crippen LogP contribution is -2.50. The molecule has 0 aromatic heterocycles. The Morgan fingerprint density at radius 1 is 1.00 bits per heavy atom. The van der Waals surface area contributed by atoms with Crippen molar-refractivity contribution in [1.29, 1.82) is 0 Å². The van der Waals surface area contributed by atoms with Gasteiger partial charge in [-0.05, 0) is 61.6 Å². The molecule has 0 saturated heterocycles. The quantitative estimate of drug-likeness (QED) is 0.485. The summed E-state index contributed by atoms with van der Waals surface area (Å²) in [4.78, 5) is 33.9. The van der Waals surface area contributed by atoms with Crippen molar-refractivity contribution in [3.63, 3.8) is 0 Å². The number of rotatable bonds is 8. The number of halogens is 3. The van der Waals surface area contributed by atoms with E-state index in [-0.39, 0.29) is 11.9 Å². The van der Waals surface area contributed by atoms with Gasteiger partial charge in [-0.25, -0.2) is 4.79 Å². The molecule has 0 heterocycles. The molecule has 0 fully saturated rings. The largest absolute Gasteiger partial charge is 0.542 e. The number of nitrogens with zero attached hydrogens (tertiary/aromatic N) is 1. The number of hydrogen-bond acceptors (Lipinski definition) is 5. The first-order valence-corrected chi connectivity index (χ1v) is 10.00. The number of quaternary nitrogens is 1. The van der Waals surface area contributed by atoms with E-state index in [2.05, 4.69) is 5.73 Å². The molecule has 7 nitrogen and oxygen atoms in total. The molecule has 0 atom stereocenters. The zero-order chi connectivity index (χ0) is 24.3. The average Bonchev–Trinajstić information content (AvgIpc) is 2.74. The second-order valence-electron chi connectivity index (χ2n) is 7.03. The Morgan fingerprint density at radius 3 is 2.12 bits per heavy atom. The van der Waals surface area contributed by atoms with Crippen LogP contribution in [0, 0.1) is 0 Å². The summed E-state index contributed by atoms with van der Waals surface area (Å²) in [7, 11) is 1.70. The number of unbranched alkanes of at least 4 members (excludes halogenated alkanes) is 3. The molecular weight excluding hydrogens is 429 g/mol. The molecule has 2 aromatic rings. The van der Waals surface area contributed by atoms with Gasteiger partial charge in [0.15, 0.2) is 5.78 Å². The van der Waals surface area contributed by atoms with E-state index in [1.807, 2.05) is 30.3 Å². The normalized spacial score (nSPS) is 10.8. The number of fused-ring (bicyclic) bond motifs is 1. The molecule has 0 saturated carbocycles. The van der Waals surface area contributed by atoms with Crippen LogP contribution in [-0.2, 0) is 9.53 Å². The molecule has 1 amide bonds. The van der Waals surface area contributed by atoms with Crippen LogP contribution in [0.4, 0.5) is 23.7 Å². The van der Waals surface area contributed by atoms with Crippen LogP contribution in [0.3, 0.4) is 0 Å². The predicted octanol–water partition coefficient (Wildman–Crippen LogP) is 2.72. The molecule has 0 spiro atoms. The molecule has 10 heteroatoms. The molecule has 0 aliphatic rings. The minimum atomic E-state index is -5.19. The lowest BCUT2D eigenvalue weighted by atomic mass is 10.0. The minimum Gasteiger partial charge on any atom is -0.542 e. The lowest BCUT2D eigenvalue weighted by molar-refractivity contribution is -0.368. The number of alkyl halides is 3. The van der Waals surface area contributed by atoms with E-state index in [0.717, 1.165) is 48.7 Å². The number of Topliss-reactive ketones (excluding diaryl/α,β-unsaturated/α-hetero) is 1. The fourth-order valence-electron chi connectivity index (χ4n) is 2.65. The number of benzene rings is 2. The summed E-state index contributed by atoms with van der Waals surface area (Å²) in [5, 5.41) is 10.7. The molecule has 176 valence electrons. The van der Waals surface area contributed by atoms with E-state index >= 15 is 0 Å². The minimum absolute atomic E-state index is 0.0434. The molecule has 0 unspecified atom stereocenters. The highest BCUT2D eigenvalue weighted by Crippen LogP contribution is 2.23. The standard InChI is InChI=1S/C20H26N2O3.C2HF3O2/c1-15(23)16-7-8-18-14-19(10-9-17(18)13-16)22(2)20(24)25-12-6-4-3-5-11-21;3-2(4,5)1(6)7/h7-10,13-14H,3-6,11-12,21H2,1-2H3;(H,6,7). The Labute approximate surface area is 183 Å². The number of carboxylic acids is 1. The molecule has 0 radical (unpaired) electrons. The number of hydrogen-bond donors (Lipinski definition) is 1. The van der Waals surface area contributed by atoms with Crippen LogP contribution in [0.25, 0.3) is 10.8 Å². The molecule has 2 rings (SSSR count). The highest BCUT2D eigenvalue weighted by molar-refractivity contribution is 5.99. The van der Waals surface area contributed by atoms with Gasteiger partial charge in [-0.2, -0.15) is 13.2 Å². The maximum Gasteiger partial charge on any atom is 0.430 e. The summed E-state index contributed by atoms with van der Waals surface area (Å²) in [6.07, 6.45) is -1.36. The van der Waals surface area contributed by atoms with Crippen molar-refractivity contribution in [3.05, 3.63) is 42.0 Å². The van der Waals surface area contributed by atoms with Crippen molar-refractivity contribution >= 4 is 34.3 Å². The fourth-order valence-corrected chi connectivity index (χ4v) is 2.65. The summed E-state index contributed by atoms with van der Waals surface area (Å²) in [5.74, 6) is -2.96. The number of anilines is 1. The van der Waals surface area contributed by atoms with E-state index in [9.17, 15) is 22.8 Å². The zero-order valence-corrected chi connectivity index (χ0v) is 18.0. The monoisotopic (exact) mass is 456 g/mol. The first-order chi connectivity index (χ1) is 15.0. The van der Waals surface area contributed by atoms with Gasteiger partial charge in [-0.1, -0.05) is 18.2 Å². The number of carboxylic acid groups (broad SMARTS) is 1. The van der Waals surface area contributed by atoms with Crippen molar-refractivity contribution in [3.8, 4) is 0 Å². The van der Waals surface area contributed by atoms with Crippen LogP contribution in [0.2, 0.25) is 0 Å². The first-order valence-electron chi connectivity index (χ1n) is 10.00. The van der Waals surface area contributed by atoms with E-state index in [0.29, 0.717) is 12.2 Å². The number of ketones is 1. The van der Waals surface area contributed by atoms with Crippen LogP contribution >= 0.6 is 0 Å². The van der Waals surface area contributed by atoms with Gasteiger partial charge in [0.25, 0.3) is 0 Å². The Bertz CT molecular complexity index is 931. The summed E-state index contributed by atoms with van der Waals surface area (Å²) in [6.45, 7) is 2.95. The predicted molar refractivity (Wildman–Crippen MR) is 111 cm³/mol. The topological polar surface area (TPSA) is 114 Å². The SMILES string of the molecule is CC(=O)c1ccc2cc(N(C)C(=O)OCCCCCC[NH3+])ccc2c1.O=C([O-])C(F)(F)F. The number of carbonyl (C=O) groups is 3. The van der Waals surface area contributed by atoms with Gasteiger partial charge < -0.3 is 20.4 Å². The Morgan fingerprint density at radius 2 is 1.56 bits per heavy atom. The van der Waals surface area contributed by atoms with E-state index in [1.165, 1.54) is 4.90 Å². The molecule has 0 bridgehead atoms. The smallest absolute Gasteiger partial charge is 0.430 e. The van der Waals surface area contributed by atoms with Crippen molar-refractivity contribution < 1.29 is 43.1 Å². The van der Waals surface area contributed by atoms with Gasteiger partial charge in [0, 0.05) is 18.3 Å². The molecule has 2 aromatic carbocycles. The lowest BCUT2D eigenvalue weighted by Gasteiger charge is -2.17. The fraction of sp³-hybridized carbons (Fsp3) is 0.409. The van der Waals surface area contributed by atoms with Gasteiger partial charge in [-0.3, -0.25) is 9.69 Å². The number of amides is 1. The maximum absolute atomic E-state index is 12.2. The van der Waals surface area contributed by atoms with Crippen LogP contribution in [0.15, 0.2) is 36.4 Å². The van der Waals surface area contributed by atoms with Gasteiger partial charge in [0.1, 0.15) is 5.97 Å². The van der Waals surface area contributed by atoms with Crippen molar-refractivity contribution in [1.82, 2.24) is 0 Å². The van der Waals surface area contributed by atoms with Gasteiger partial charge in [0.2, 0.25) is 0 Å². The van der Waals surface area contributed by atoms with Crippen LogP contribution in [0.1, 0.15) is 43.0 Å². The molecular formula is C22H27F3N2O5. The number of carbonyl (C=O) groups excluding carboxylic acids is 3. The zero-order valence-electron chi connectivity index (χ0n) is 18.0. The number of ether oxygens (including phenoxy) is 1. The maximum atomic E-state index is 12.2. The van der Waals surface area contributed by atoms with Crippen LogP contribution in [-0.4, -0.2) is 44.2 Å². The highest BCUT2D eigenvalue weighted by atomic mass is 19.4. The Balaban J connectivity index is 0.000000633. The molecule has 32 heavy (non-hydrogen) atoms.